The van der Waals surface area contributed by atoms with Gasteiger partial charge in [-0.2, -0.15) is 0 Å². The first-order chi connectivity index (χ1) is 20.1. The first kappa shape index (κ1) is 29.2. The van der Waals surface area contributed by atoms with Crippen molar-refractivity contribution in [2.24, 2.45) is 0 Å². The van der Waals surface area contributed by atoms with E-state index in [1.54, 1.807) is 53.5 Å². The lowest BCUT2D eigenvalue weighted by atomic mass is 9.99. The second-order valence-electron chi connectivity index (χ2n) is 10.5. The molecule has 0 bridgehead atoms. The summed E-state index contributed by atoms with van der Waals surface area (Å²) in [6.07, 6.45) is 3.34. The number of ketones is 1. The van der Waals surface area contributed by atoms with Gasteiger partial charge in [0.2, 0.25) is 0 Å². The molecular weight excluding hydrogens is 553 g/mol. The van der Waals surface area contributed by atoms with E-state index in [4.69, 9.17) is 16.3 Å². The monoisotopic (exact) mass is 583 g/mol. The van der Waals surface area contributed by atoms with Crippen LogP contribution in [-0.4, -0.2) is 19.9 Å². The Kier molecular flexibility index (Phi) is 8.52. The average Bonchev–Trinajstić information content (AvgIpc) is 3.31. The first-order valence-corrected chi connectivity index (χ1v) is 14.0. The largest absolute Gasteiger partial charge is 0.372 e. The van der Waals surface area contributed by atoms with E-state index >= 15 is 0 Å². The van der Waals surface area contributed by atoms with E-state index in [-0.39, 0.29) is 18.0 Å². The van der Waals surface area contributed by atoms with E-state index in [1.807, 2.05) is 52.0 Å². The summed E-state index contributed by atoms with van der Waals surface area (Å²) < 4.78 is 22.9. The fourth-order valence-corrected chi connectivity index (χ4v) is 5.06. The van der Waals surface area contributed by atoms with E-state index in [0.29, 0.717) is 28.6 Å². The molecular formula is C34H31ClFN3O3. The lowest BCUT2D eigenvalue weighted by Gasteiger charge is -2.19. The molecule has 0 saturated heterocycles. The maximum Gasteiger partial charge on any atom is 0.262 e. The van der Waals surface area contributed by atoms with E-state index < -0.39 is 17.4 Å². The van der Waals surface area contributed by atoms with E-state index in [1.165, 1.54) is 16.7 Å². The van der Waals surface area contributed by atoms with Gasteiger partial charge in [-0.1, -0.05) is 53.6 Å². The third kappa shape index (κ3) is 6.12. The lowest BCUT2D eigenvalue weighted by molar-refractivity contribution is 0.102. The Morgan fingerprint density at radius 2 is 1.64 bits per heavy atom. The third-order valence-electron chi connectivity index (χ3n) is 7.37. The molecule has 2 heterocycles. The van der Waals surface area contributed by atoms with Crippen LogP contribution in [0.1, 0.15) is 62.4 Å². The summed E-state index contributed by atoms with van der Waals surface area (Å²) in [5.74, 6) is -0.763. The molecule has 2 aromatic heterocycles. The predicted octanol–water partition coefficient (Wildman–Crippen LogP) is 7.31. The van der Waals surface area contributed by atoms with Crippen LogP contribution in [0.4, 0.5) is 4.39 Å². The van der Waals surface area contributed by atoms with Gasteiger partial charge in [-0.15, -0.1) is 0 Å². The normalized spacial score (nSPS) is 12.0. The number of hydrogen-bond acceptors (Lipinski definition) is 4. The Hall–Kier alpha value is -4.33. The van der Waals surface area contributed by atoms with Gasteiger partial charge in [0.1, 0.15) is 17.3 Å². The van der Waals surface area contributed by atoms with Gasteiger partial charge in [0.05, 0.1) is 36.2 Å². The molecule has 0 spiro atoms. The number of halogens is 2. The molecule has 8 heteroatoms. The number of rotatable bonds is 9. The lowest BCUT2D eigenvalue weighted by Crippen LogP contribution is -2.30. The van der Waals surface area contributed by atoms with Crippen molar-refractivity contribution in [3.8, 4) is 5.69 Å². The molecule has 0 N–H and O–H groups in total. The number of carbonyl (C=O) groups is 1. The van der Waals surface area contributed by atoms with Crippen LogP contribution in [-0.2, 0) is 18.0 Å². The van der Waals surface area contributed by atoms with Crippen molar-refractivity contribution >= 4 is 17.4 Å². The zero-order valence-electron chi connectivity index (χ0n) is 23.9. The number of aromatic nitrogens is 3. The molecule has 214 valence electrons. The highest BCUT2D eigenvalue weighted by molar-refractivity contribution is 6.30. The maximum absolute atomic E-state index is 13.8. The number of pyridine rings is 1. The quantitative estimate of drug-likeness (QED) is 0.171. The first-order valence-electron chi connectivity index (χ1n) is 13.6. The number of ether oxygens (including phenoxy) is 1. The van der Waals surface area contributed by atoms with Crippen molar-refractivity contribution in [1.29, 1.82) is 0 Å². The Labute approximate surface area is 249 Å². The molecule has 0 fully saturated rings. The SMILES string of the molecule is Cc1ccc(COCc2cc(C(=O)c3ccc(-n4cnc(C)c4Cl)c(C)c3)c(=O)n([C@@H](C)c3ccc(F)cc3)c2)cc1. The van der Waals surface area contributed by atoms with Crippen molar-refractivity contribution in [2.45, 2.75) is 47.0 Å². The van der Waals surface area contributed by atoms with Gasteiger partial charge < -0.3 is 9.30 Å². The van der Waals surface area contributed by atoms with Crippen LogP contribution in [0.15, 0.2) is 90.1 Å². The number of imidazole rings is 1. The summed E-state index contributed by atoms with van der Waals surface area (Å²) in [5.41, 5.74) is 5.86. The van der Waals surface area contributed by atoms with Crippen LogP contribution in [0.5, 0.6) is 0 Å². The standard InChI is InChI=1S/C34H31ClFN3O3/c1-21-5-7-25(8-6-21)18-42-19-26-16-30(34(41)38(17-26)24(4)27-9-12-29(36)13-10-27)32(40)28-11-14-31(22(2)15-28)39-20-37-23(3)33(39)35/h5-17,20,24H,18-19H2,1-4H3/t24-/m0/s1. The van der Waals surface area contributed by atoms with Gasteiger partial charge in [0, 0.05) is 11.8 Å². The third-order valence-corrected chi connectivity index (χ3v) is 7.82. The van der Waals surface area contributed by atoms with Crippen molar-refractivity contribution in [3.63, 3.8) is 0 Å². The maximum atomic E-state index is 13.8. The molecule has 0 amide bonds. The number of hydrogen-bond donors (Lipinski definition) is 0. The number of carbonyl (C=O) groups excluding carboxylic acids is 1. The Bertz CT molecular complexity index is 1810. The number of aryl methyl sites for hydroxylation is 3. The summed E-state index contributed by atoms with van der Waals surface area (Å²) in [4.78, 5) is 31.8. The summed E-state index contributed by atoms with van der Waals surface area (Å²) in [5, 5.41) is 0.494. The van der Waals surface area contributed by atoms with Gasteiger partial charge in [-0.25, -0.2) is 9.37 Å². The number of nitrogens with zero attached hydrogens (tertiary/aromatic N) is 3. The fraction of sp³-hybridized carbons (Fsp3) is 0.206. The highest BCUT2D eigenvalue weighted by atomic mass is 35.5. The van der Waals surface area contributed by atoms with Crippen LogP contribution < -0.4 is 5.56 Å². The minimum absolute atomic E-state index is 0.0315. The van der Waals surface area contributed by atoms with E-state index in [9.17, 15) is 14.0 Å². The molecule has 3 aromatic carbocycles. The van der Waals surface area contributed by atoms with Gasteiger partial charge in [0.15, 0.2) is 5.78 Å². The van der Waals surface area contributed by atoms with Gasteiger partial charge >= 0.3 is 0 Å². The van der Waals surface area contributed by atoms with Crippen molar-refractivity contribution in [3.05, 3.63) is 151 Å². The highest BCUT2D eigenvalue weighted by Gasteiger charge is 2.21. The van der Waals surface area contributed by atoms with E-state index in [0.717, 1.165) is 27.9 Å². The number of benzene rings is 3. The summed E-state index contributed by atoms with van der Waals surface area (Å²) in [6.45, 7) is 8.14. The molecule has 5 rings (SSSR count). The molecule has 0 aliphatic heterocycles. The zero-order chi connectivity index (χ0) is 30.0. The average molecular weight is 584 g/mol. The van der Waals surface area contributed by atoms with Crippen molar-refractivity contribution in [2.75, 3.05) is 0 Å². The molecule has 1 atom stereocenters. The molecule has 42 heavy (non-hydrogen) atoms. The van der Waals surface area contributed by atoms with Gasteiger partial charge in [-0.3, -0.25) is 14.2 Å². The minimum Gasteiger partial charge on any atom is -0.372 e. The van der Waals surface area contributed by atoms with Crippen LogP contribution in [0.3, 0.4) is 0 Å². The topological polar surface area (TPSA) is 66.1 Å². The fourth-order valence-electron chi connectivity index (χ4n) is 4.88. The Morgan fingerprint density at radius 1 is 0.952 bits per heavy atom. The van der Waals surface area contributed by atoms with E-state index in [2.05, 4.69) is 4.98 Å². The molecule has 6 nitrogen and oxygen atoms in total. The molecule has 5 aromatic rings. The minimum atomic E-state index is -0.447. The second-order valence-corrected chi connectivity index (χ2v) is 10.9. The van der Waals surface area contributed by atoms with Crippen LogP contribution in [0.2, 0.25) is 5.15 Å². The summed E-state index contributed by atoms with van der Waals surface area (Å²) >= 11 is 6.40. The van der Waals surface area contributed by atoms with Crippen LogP contribution >= 0.6 is 11.6 Å². The van der Waals surface area contributed by atoms with Crippen LogP contribution in [0, 0.1) is 26.6 Å². The highest BCUT2D eigenvalue weighted by Crippen LogP contribution is 2.24. The van der Waals surface area contributed by atoms with Gasteiger partial charge in [0.25, 0.3) is 5.56 Å². The smallest absolute Gasteiger partial charge is 0.262 e. The van der Waals surface area contributed by atoms with Crippen molar-refractivity contribution in [1.82, 2.24) is 14.1 Å². The molecule has 0 saturated carbocycles. The van der Waals surface area contributed by atoms with Gasteiger partial charge in [-0.05, 0) is 86.3 Å². The van der Waals surface area contributed by atoms with Crippen molar-refractivity contribution < 1.29 is 13.9 Å². The molecule has 0 aliphatic rings. The van der Waals surface area contributed by atoms with Crippen LogP contribution in [0.25, 0.3) is 5.69 Å². The summed E-state index contributed by atoms with van der Waals surface area (Å²) in [6, 6.07) is 20.4. The molecule has 0 radical (unpaired) electrons. The molecule has 0 aliphatic carbocycles. The Morgan fingerprint density at radius 3 is 2.29 bits per heavy atom. The predicted molar refractivity (Wildman–Crippen MR) is 162 cm³/mol. The summed E-state index contributed by atoms with van der Waals surface area (Å²) in [7, 11) is 0. The molecule has 0 unspecified atom stereocenters. The Balaban J connectivity index is 1.50. The second kappa shape index (κ2) is 12.3. The zero-order valence-corrected chi connectivity index (χ0v) is 24.7.